The molecule has 3 aromatic carbocycles. The smallest absolute Gasteiger partial charge is 0.261 e. The first-order valence-corrected chi connectivity index (χ1v) is 12.4. The highest BCUT2D eigenvalue weighted by Gasteiger charge is 2.39. The second-order valence-corrected chi connectivity index (χ2v) is 9.21. The highest BCUT2D eigenvalue weighted by Crippen LogP contribution is 2.21. The van der Waals surface area contributed by atoms with E-state index in [2.05, 4.69) is 10.6 Å². The number of hydrogen-bond acceptors (Lipinski definition) is 6. The van der Waals surface area contributed by atoms with Crippen molar-refractivity contribution < 1.29 is 23.9 Å². The van der Waals surface area contributed by atoms with Gasteiger partial charge in [-0.3, -0.25) is 19.3 Å². The molecule has 1 unspecified atom stereocenters. The standard InChI is InChI=1S/C28H31FN4O4.ClH/c29-22-11-9-20(10-12-22)27(36)33(28(37)24-6-3-13-31-24)25(26(35)32-17-23(34)16-30)15-18-7-8-19-4-1-2-5-21(19)14-18;/h1-2,4-5,7-12,14,23-25,31,34H,3,6,13,15-17,30H2,(H,32,35);1H/t23?,24-,25+;/m0./s1. The molecule has 4 rings (SSSR count). The molecule has 0 spiro atoms. The molecule has 1 heterocycles. The van der Waals surface area contributed by atoms with Crippen molar-refractivity contribution in [3.05, 3.63) is 83.7 Å². The number of hydrogen-bond donors (Lipinski definition) is 4. The van der Waals surface area contributed by atoms with Crippen LogP contribution < -0.4 is 16.4 Å². The maximum Gasteiger partial charge on any atom is 0.261 e. The van der Waals surface area contributed by atoms with Gasteiger partial charge >= 0.3 is 0 Å². The molecule has 1 aliphatic rings. The highest BCUT2D eigenvalue weighted by atomic mass is 35.5. The zero-order chi connectivity index (χ0) is 26.4. The number of imide groups is 1. The largest absolute Gasteiger partial charge is 0.390 e. The fourth-order valence-corrected chi connectivity index (χ4v) is 4.50. The van der Waals surface area contributed by atoms with Crippen LogP contribution in [0.4, 0.5) is 4.39 Å². The molecule has 10 heteroatoms. The van der Waals surface area contributed by atoms with E-state index in [-0.39, 0.29) is 37.5 Å². The van der Waals surface area contributed by atoms with Crippen LogP contribution >= 0.6 is 12.4 Å². The summed E-state index contributed by atoms with van der Waals surface area (Å²) >= 11 is 0. The lowest BCUT2D eigenvalue weighted by molar-refractivity contribution is -0.139. The minimum absolute atomic E-state index is 0. The molecular weight excluding hydrogens is 511 g/mol. The average molecular weight is 543 g/mol. The number of aliphatic hydroxyl groups is 1. The summed E-state index contributed by atoms with van der Waals surface area (Å²) in [6.07, 6.45) is 0.376. The zero-order valence-corrected chi connectivity index (χ0v) is 21.6. The number of nitrogens with zero attached hydrogens (tertiary/aromatic N) is 1. The van der Waals surface area contributed by atoms with Gasteiger partial charge in [-0.05, 0) is 60.0 Å². The number of aliphatic hydroxyl groups excluding tert-OH is 1. The third-order valence-corrected chi connectivity index (χ3v) is 6.55. The minimum Gasteiger partial charge on any atom is -0.390 e. The van der Waals surface area contributed by atoms with Crippen LogP contribution in [0.3, 0.4) is 0 Å². The predicted octanol–water partition coefficient (Wildman–Crippen LogP) is 2.17. The van der Waals surface area contributed by atoms with E-state index in [0.29, 0.717) is 13.0 Å². The van der Waals surface area contributed by atoms with Gasteiger partial charge in [-0.15, -0.1) is 12.4 Å². The lowest BCUT2D eigenvalue weighted by Gasteiger charge is -2.32. The summed E-state index contributed by atoms with van der Waals surface area (Å²) in [6.45, 7) is 0.440. The summed E-state index contributed by atoms with van der Waals surface area (Å²) < 4.78 is 13.6. The molecule has 0 aliphatic carbocycles. The SMILES string of the molecule is Cl.NCC(O)CNC(=O)[C@@H](Cc1ccc2ccccc2c1)N(C(=O)c1ccc(F)cc1)C(=O)[C@@H]1CCCN1. The first kappa shape index (κ1) is 29.2. The average Bonchev–Trinajstić information content (AvgIpc) is 3.46. The molecule has 3 aromatic rings. The molecule has 38 heavy (non-hydrogen) atoms. The molecule has 3 atom stereocenters. The van der Waals surface area contributed by atoms with Gasteiger partial charge in [-0.1, -0.05) is 42.5 Å². The molecule has 0 aromatic heterocycles. The van der Waals surface area contributed by atoms with Gasteiger partial charge in [0.1, 0.15) is 11.9 Å². The number of carbonyl (C=O) groups is 3. The van der Waals surface area contributed by atoms with E-state index < -0.39 is 41.7 Å². The Hall–Kier alpha value is -3.37. The second-order valence-electron chi connectivity index (χ2n) is 9.21. The number of carbonyl (C=O) groups excluding carboxylic acids is 3. The third kappa shape index (κ3) is 6.93. The molecule has 0 radical (unpaired) electrons. The molecule has 0 saturated carbocycles. The van der Waals surface area contributed by atoms with Crippen molar-refractivity contribution in [2.24, 2.45) is 5.73 Å². The Morgan fingerprint density at radius 3 is 2.45 bits per heavy atom. The van der Waals surface area contributed by atoms with E-state index in [4.69, 9.17) is 5.73 Å². The summed E-state index contributed by atoms with van der Waals surface area (Å²) in [5.41, 5.74) is 6.32. The van der Waals surface area contributed by atoms with Crippen LogP contribution in [-0.4, -0.2) is 65.5 Å². The molecule has 1 saturated heterocycles. The minimum atomic E-state index is -1.21. The predicted molar refractivity (Wildman–Crippen MR) is 145 cm³/mol. The van der Waals surface area contributed by atoms with Gasteiger partial charge in [0.25, 0.3) is 5.91 Å². The maximum absolute atomic E-state index is 13.7. The van der Waals surface area contributed by atoms with Gasteiger partial charge in [0, 0.05) is 25.1 Å². The number of rotatable bonds is 9. The molecule has 3 amide bonds. The van der Waals surface area contributed by atoms with Gasteiger partial charge in [-0.25, -0.2) is 4.39 Å². The van der Waals surface area contributed by atoms with Gasteiger partial charge in [-0.2, -0.15) is 0 Å². The Morgan fingerprint density at radius 1 is 1.08 bits per heavy atom. The Balaban J connectivity index is 0.00000400. The van der Waals surface area contributed by atoms with Crippen LogP contribution in [0.5, 0.6) is 0 Å². The summed E-state index contributed by atoms with van der Waals surface area (Å²) in [6, 6.07) is 16.5. The Morgan fingerprint density at radius 2 is 1.79 bits per heavy atom. The first-order valence-electron chi connectivity index (χ1n) is 12.4. The number of nitrogens with one attached hydrogen (secondary N) is 2. The fraction of sp³-hybridized carbons (Fsp3) is 0.321. The zero-order valence-electron chi connectivity index (χ0n) is 20.8. The van der Waals surface area contributed by atoms with E-state index in [1.54, 1.807) is 0 Å². The summed E-state index contributed by atoms with van der Waals surface area (Å²) in [4.78, 5) is 41.9. The van der Waals surface area contributed by atoms with Crippen LogP contribution in [0.2, 0.25) is 0 Å². The quantitative estimate of drug-likeness (QED) is 0.307. The van der Waals surface area contributed by atoms with E-state index in [0.717, 1.165) is 39.8 Å². The van der Waals surface area contributed by atoms with Gasteiger partial charge in [0.15, 0.2) is 0 Å². The Bertz CT molecular complexity index is 1270. The summed E-state index contributed by atoms with van der Waals surface area (Å²) in [5.74, 6) is -2.33. The fourth-order valence-electron chi connectivity index (χ4n) is 4.50. The first-order chi connectivity index (χ1) is 17.9. The Labute approximate surface area is 226 Å². The molecule has 1 aliphatic heterocycles. The lowest BCUT2D eigenvalue weighted by atomic mass is 9.98. The van der Waals surface area contributed by atoms with E-state index in [1.165, 1.54) is 12.1 Å². The van der Waals surface area contributed by atoms with Gasteiger partial charge in [0.2, 0.25) is 11.8 Å². The number of fused-ring (bicyclic) bond motifs is 1. The number of halogens is 2. The van der Waals surface area contributed by atoms with Crippen LogP contribution in [0.25, 0.3) is 10.8 Å². The molecule has 0 bridgehead atoms. The number of benzene rings is 3. The normalized spacial score (nSPS) is 16.3. The van der Waals surface area contributed by atoms with Crippen molar-refractivity contribution in [3.63, 3.8) is 0 Å². The molecule has 5 N–H and O–H groups in total. The van der Waals surface area contributed by atoms with Crippen molar-refractivity contribution in [2.75, 3.05) is 19.6 Å². The van der Waals surface area contributed by atoms with Gasteiger partial charge < -0.3 is 21.5 Å². The van der Waals surface area contributed by atoms with Crippen molar-refractivity contribution >= 4 is 40.9 Å². The van der Waals surface area contributed by atoms with Crippen LogP contribution in [-0.2, 0) is 16.0 Å². The molecule has 202 valence electrons. The van der Waals surface area contributed by atoms with E-state index in [1.807, 2.05) is 42.5 Å². The molecule has 8 nitrogen and oxygen atoms in total. The van der Waals surface area contributed by atoms with Crippen LogP contribution in [0.1, 0.15) is 28.8 Å². The van der Waals surface area contributed by atoms with Crippen molar-refractivity contribution in [3.8, 4) is 0 Å². The van der Waals surface area contributed by atoms with Crippen LogP contribution in [0, 0.1) is 5.82 Å². The second kappa shape index (κ2) is 13.4. The molecular formula is C28H32ClFN4O4. The van der Waals surface area contributed by atoms with Crippen LogP contribution in [0.15, 0.2) is 66.7 Å². The van der Waals surface area contributed by atoms with E-state index >= 15 is 0 Å². The van der Waals surface area contributed by atoms with Crippen molar-refractivity contribution in [1.29, 1.82) is 0 Å². The summed E-state index contributed by atoms with van der Waals surface area (Å²) in [7, 11) is 0. The monoisotopic (exact) mass is 542 g/mol. The van der Waals surface area contributed by atoms with E-state index in [9.17, 15) is 23.9 Å². The van der Waals surface area contributed by atoms with Crippen molar-refractivity contribution in [2.45, 2.75) is 37.5 Å². The lowest BCUT2D eigenvalue weighted by Crippen LogP contribution is -2.57. The third-order valence-electron chi connectivity index (χ3n) is 6.55. The number of amides is 3. The highest BCUT2D eigenvalue weighted by molar-refractivity contribution is 6.09. The number of nitrogens with two attached hydrogens (primary N) is 1. The Kier molecular flexibility index (Phi) is 10.3. The maximum atomic E-state index is 13.7. The summed E-state index contributed by atoms with van der Waals surface area (Å²) in [5, 5.41) is 17.6. The van der Waals surface area contributed by atoms with Gasteiger partial charge in [0.05, 0.1) is 12.1 Å². The van der Waals surface area contributed by atoms with Crippen molar-refractivity contribution in [1.82, 2.24) is 15.5 Å². The topological polar surface area (TPSA) is 125 Å². The molecule has 1 fully saturated rings.